The number of Topliss-reactive ketones (excluding diaryl/α,β-unsaturated/α-hetero) is 1. The lowest BCUT2D eigenvalue weighted by atomic mass is 9.97. The Balaban J connectivity index is 2.01. The summed E-state index contributed by atoms with van der Waals surface area (Å²) in [5.41, 5.74) is 1.95. The van der Waals surface area contributed by atoms with Crippen molar-refractivity contribution in [3.63, 3.8) is 0 Å². The minimum atomic E-state index is 0.0624. The van der Waals surface area contributed by atoms with Crippen LogP contribution in [-0.2, 0) is 0 Å². The summed E-state index contributed by atoms with van der Waals surface area (Å²) in [4.78, 5) is 12.6. The molecule has 24 heavy (non-hydrogen) atoms. The van der Waals surface area contributed by atoms with Gasteiger partial charge in [0.2, 0.25) is 0 Å². The first-order valence-electron chi connectivity index (χ1n) is 8.77. The zero-order chi connectivity index (χ0) is 17.2. The summed E-state index contributed by atoms with van der Waals surface area (Å²) in [6.45, 7) is 3.17. The molecule has 0 aliphatic carbocycles. The number of ketones is 1. The summed E-state index contributed by atoms with van der Waals surface area (Å²) in [5, 5.41) is 3.58. The van der Waals surface area contributed by atoms with E-state index in [0.717, 1.165) is 28.6 Å². The van der Waals surface area contributed by atoms with Crippen LogP contribution < -0.4 is 5.32 Å². The van der Waals surface area contributed by atoms with Crippen molar-refractivity contribution in [3.8, 4) is 0 Å². The van der Waals surface area contributed by atoms with Gasteiger partial charge in [0.25, 0.3) is 0 Å². The molecule has 2 nitrogen and oxygen atoms in total. The molecule has 0 spiro atoms. The SMILES string of the molecule is CCCCCCNC(CC(=O)c1ccccc1)c1ccc(Br)cc1. The smallest absolute Gasteiger partial charge is 0.164 e. The highest BCUT2D eigenvalue weighted by Gasteiger charge is 2.16. The first kappa shape index (κ1) is 18.9. The minimum Gasteiger partial charge on any atom is -0.310 e. The fourth-order valence-electron chi connectivity index (χ4n) is 2.76. The molecule has 2 aromatic rings. The molecule has 3 heteroatoms. The predicted octanol–water partition coefficient (Wildman–Crippen LogP) is 5.93. The van der Waals surface area contributed by atoms with E-state index in [-0.39, 0.29) is 11.8 Å². The first-order valence-corrected chi connectivity index (χ1v) is 9.57. The number of halogens is 1. The van der Waals surface area contributed by atoms with Gasteiger partial charge in [-0.15, -0.1) is 0 Å². The number of hydrogen-bond acceptors (Lipinski definition) is 2. The van der Waals surface area contributed by atoms with E-state index < -0.39 is 0 Å². The first-order chi connectivity index (χ1) is 11.7. The highest BCUT2D eigenvalue weighted by atomic mass is 79.9. The van der Waals surface area contributed by atoms with Crippen LogP contribution >= 0.6 is 15.9 Å². The van der Waals surface area contributed by atoms with Gasteiger partial charge < -0.3 is 5.32 Å². The molecule has 128 valence electrons. The quantitative estimate of drug-likeness (QED) is 0.404. The van der Waals surface area contributed by atoms with Crippen LogP contribution in [0.15, 0.2) is 59.1 Å². The van der Waals surface area contributed by atoms with Gasteiger partial charge in [-0.1, -0.05) is 84.6 Å². The Bertz CT molecular complexity index is 609. The van der Waals surface area contributed by atoms with Crippen molar-refractivity contribution in [1.29, 1.82) is 0 Å². The van der Waals surface area contributed by atoms with Crippen molar-refractivity contribution in [3.05, 3.63) is 70.2 Å². The van der Waals surface area contributed by atoms with Crippen LogP contribution in [-0.4, -0.2) is 12.3 Å². The molecule has 1 unspecified atom stereocenters. The van der Waals surface area contributed by atoms with Crippen LogP contribution in [0.3, 0.4) is 0 Å². The van der Waals surface area contributed by atoms with Crippen molar-refractivity contribution in [2.45, 2.75) is 45.1 Å². The summed E-state index contributed by atoms with van der Waals surface area (Å²) >= 11 is 3.48. The molecule has 0 saturated heterocycles. The van der Waals surface area contributed by atoms with Gasteiger partial charge in [-0.05, 0) is 30.7 Å². The van der Waals surface area contributed by atoms with Crippen molar-refractivity contribution in [2.75, 3.05) is 6.54 Å². The van der Waals surface area contributed by atoms with Gasteiger partial charge in [-0.3, -0.25) is 4.79 Å². The van der Waals surface area contributed by atoms with E-state index in [1.807, 2.05) is 42.5 Å². The van der Waals surface area contributed by atoms with Gasteiger partial charge in [-0.2, -0.15) is 0 Å². The summed E-state index contributed by atoms with van der Waals surface area (Å²) in [7, 11) is 0. The Morgan fingerprint density at radius 1 is 1.00 bits per heavy atom. The maximum absolute atomic E-state index is 12.6. The normalized spacial score (nSPS) is 12.1. The molecule has 0 bridgehead atoms. The molecule has 0 aliphatic heterocycles. The molecule has 0 saturated carbocycles. The molecule has 1 N–H and O–H groups in total. The van der Waals surface area contributed by atoms with Crippen molar-refractivity contribution < 1.29 is 4.79 Å². The van der Waals surface area contributed by atoms with E-state index in [4.69, 9.17) is 0 Å². The van der Waals surface area contributed by atoms with E-state index >= 15 is 0 Å². The van der Waals surface area contributed by atoms with Crippen molar-refractivity contribution in [1.82, 2.24) is 5.32 Å². The monoisotopic (exact) mass is 387 g/mol. The second-order valence-electron chi connectivity index (χ2n) is 6.11. The third-order valence-electron chi connectivity index (χ3n) is 4.18. The molecule has 0 fully saturated rings. The third kappa shape index (κ3) is 6.21. The van der Waals surface area contributed by atoms with E-state index in [9.17, 15) is 4.79 Å². The molecule has 2 rings (SSSR count). The van der Waals surface area contributed by atoms with Crippen molar-refractivity contribution in [2.24, 2.45) is 0 Å². The van der Waals surface area contributed by atoms with Gasteiger partial charge in [0.05, 0.1) is 0 Å². The molecule has 0 heterocycles. The molecular weight excluding hydrogens is 362 g/mol. The van der Waals surface area contributed by atoms with E-state index in [2.05, 4.69) is 40.3 Å². The molecule has 1 atom stereocenters. The Kier molecular flexibility index (Phi) is 8.20. The van der Waals surface area contributed by atoms with E-state index in [0.29, 0.717) is 6.42 Å². The van der Waals surface area contributed by atoms with Crippen LogP contribution in [0.1, 0.15) is 61.0 Å². The number of carbonyl (C=O) groups excluding carboxylic acids is 1. The Labute approximate surface area is 153 Å². The second kappa shape index (κ2) is 10.4. The summed E-state index contributed by atoms with van der Waals surface area (Å²) in [5.74, 6) is 0.185. The zero-order valence-electron chi connectivity index (χ0n) is 14.3. The average molecular weight is 388 g/mol. The topological polar surface area (TPSA) is 29.1 Å². The molecule has 0 aliphatic rings. The molecule has 0 aromatic heterocycles. The number of benzene rings is 2. The summed E-state index contributed by atoms with van der Waals surface area (Å²) in [6, 6.07) is 17.9. The number of unbranched alkanes of at least 4 members (excludes halogenated alkanes) is 3. The van der Waals surface area contributed by atoms with Crippen LogP contribution in [0.5, 0.6) is 0 Å². The number of carbonyl (C=O) groups is 1. The van der Waals surface area contributed by atoms with Gasteiger partial charge in [-0.25, -0.2) is 0 Å². The fourth-order valence-corrected chi connectivity index (χ4v) is 3.02. The average Bonchev–Trinajstić information content (AvgIpc) is 2.62. The standard InChI is InChI=1S/C21H26BrNO/c1-2-3-4-8-15-23-20(17-11-13-19(22)14-12-17)16-21(24)18-9-6-5-7-10-18/h5-7,9-14,20,23H,2-4,8,15-16H2,1H3. The van der Waals surface area contributed by atoms with Gasteiger partial charge in [0.1, 0.15) is 0 Å². The highest BCUT2D eigenvalue weighted by molar-refractivity contribution is 9.10. The van der Waals surface area contributed by atoms with Crippen LogP contribution in [0, 0.1) is 0 Å². The van der Waals surface area contributed by atoms with Crippen molar-refractivity contribution >= 4 is 21.7 Å². The summed E-state index contributed by atoms with van der Waals surface area (Å²) < 4.78 is 1.06. The summed E-state index contributed by atoms with van der Waals surface area (Å²) in [6.07, 6.45) is 5.39. The van der Waals surface area contributed by atoms with Gasteiger partial charge >= 0.3 is 0 Å². The highest BCUT2D eigenvalue weighted by Crippen LogP contribution is 2.22. The minimum absolute atomic E-state index is 0.0624. The van der Waals surface area contributed by atoms with Gasteiger partial charge in [0, 0.05) is 22.5 Å². The Morgan fingerprint density at radius 3 is 2.38 bits per heavy atom. The van der Waals surface area contributed by atoms with Crippen LogP contribution in [0.25, 0.3) is 0 Å². The van der Waals surface area contributed by atoms with Crippen LogP contribution in [0.4, 0.5) is 0 Å². The largest absolute Gasteiger partial charge is 0.310 e. The van der Waals surface area contributed by atoms with E-state index in [1.165, 1.54) is 19.3 Å². The lowest BCUT2D eigenvalue weighted by Crippen LogP contribution is -2.25. The molecule has 0 amide bonds. The maximum Gasteiger partial charge on any atom is 0.164 e. The van der Waals surface area contributed by atoms with E-state index in [1.54, 1.807) is 0 Å². The third-order valence-corrected chi connectivity index (χ3v) is 4.71. The maximum atomic E-state index is 12.6. The predicted molar refractivity (Wildman–Crippen MR) is 104 cm³/mol. The second-order valence-corrected chi connectivity index (χ2v) is 7.03. The number of hydrogen-bond donors (Lipinski definition) is 1. The molecule has 0 radical (unpaired) electrons. The zero-order valence-corrected chi connectivity index (χ0v) is 15.9. The Hall–Kier alpha value is -1.45. The van der Waals surface area contributed by atoms with Gasteiger partial charge in [0.15, 0.2) is 5.78 Å². The Morgan fingerprint density at radius 2 is 1.71 bits per heavy atom. The fraction of sp³-hybridized carbons (Fsp3) is 0.381. The number of rotatable bonds is 10. The lowest BCUT2D eigenvalue weighted by molar-refractivity contribution is 0.0968. The lowest BCUT2D eigenvalue weighted by Gasteiger charge is -2.19. The van der Waals surface area contributed by atoms with Crippen LogP contribution in [0.2, 0.25) is 0 Å². The number of nitrogens with one attached hydrogen (secondary N) is 1. The molecule has 2 aromatic carbocycles. The molecular formula is C21H26BrNO.